The van der Waals surface area contributed by atoms with E-state index in [0.717, 1.165) is 38.7 Å². The Balaban J connectivity index is 1.93. The van der Waals surface area contributed by atoms with Gasteiger partial charge >= 0.3 is 5.63 Å². The first-order chi connectivity index (χ1) is 12.9. The van der Waals surface area contributed by atoms with Gasteiger partial charge in [0.25, 0.3) is 0 Å². The van der Waals surface area contributed by atoms with Crippen LogP contribution in [0.2, 0.25) is 0 Å². The van der Waals surface area contributed by atoms with Gasteiger partial charge in [0.05, 0.1) is 5.69 Å². The third kappa shape index (κ3) is 3.26. The molecule has 0 aliphatic heterocycles. The van der Waals surface area contributed by atoms with Gasteiger partial charge in [-0.25, -0.2) is 4.79 Å². The molecule has 0 amide bonds. The number of aryl methyl sites for hydroxylation is 2. The quantitative estimate of drug-likeness (QED) is 0.532. The highest BCUT2D eigenvalue weighted by atomic mass is 16.4. The van der Waals surface area contributed by atoms with Crippen molar-refractivity contribution in [3.8, 4) is 11.3 Å². The summed E-state index contributed by atoms with van der Waals surface area (Å²) in [4.78, 5) is 16.6. The van der Waals surface area contributed by atoms with Gasteiger partial charge in [0.2, 0.25) is 0 Å². The molecule has 0 atom stereocenters. The number of pyridine rings is 1. The highest BCUT2D eigenvalue weighted by Crippen LogP contribution is 2.34. The normalized spacial score (nSPS) is 11.7. The van der Waals surface area contributed by atoms with Crippen LogP contribution in [0, 0.1) is 13.8 Å². The van der Waals surface area contributed by atoms with Gasteiger partial charge in [-0.2, -0.15) is 0 Å². The summed E-state index contributed by atoms with van der Waals surface area (Å²) in [5, 5.41) is 5.29. The largest absolute Gasteiger partial charge is 0.454 e. The number of aromatic nitrogens is 1. The molecule has 0 radical (unpaired) electrons. The predicted octanol–water partition coefficient (Wildman–Crippen LogP) is 4.72. The Morgan fingerprint density at radius 1 is 1.07 bits per heavy atom. The molecular formula is C22H22N2O3. The van der Waals surface area contributed by atoms with Crippen molar-refractivity contribution in [1.82, 2.24) is 10.3 Å². The molecule has 0 fully saturated rings. The minimum Gasteiger partial charge on any atom is -0.454 e. The second kappa shape index (κ2) is 6.67. The molecule has 5 heteroatoms. The van der Waals surface area contributed by atoms with Crippen LogP contribution in [-0.2, 0) is 6.54 Å². The maximum atomic E-state index is 12.1. The smallest absolute Gasteiger partial charge is 0.336 e. The standard InChI is InChI=1S/C22H22N2O3/c1-12(2)23-10-15-11-24-14(4)22-17(15)8-20(27-22)18-9-21(25)26-19-7-13(3)5-6-16(18)19/h5-9,11-12,23H,10H2,1-4H3. The Hall–Kier alpha value is -2.92. The maximum absolute atomic E-state index is 12.1. The summed E-state index contributed by atoms with van der Waals surface area (Å²) in [5.74, 6) is 0.647. The van der Waals surface area contributed by atoms with E-state index in [-0.39, 0.29) is 5.63 Å². The lowest BCUT2D eigenvalue weighted by Crippen LogP contribution is -2.22. The monoisotopic (exact) mass is 362 g/mol. The number of hydrogen-bond donors (Lipinski definition) is 1. The van der Waals surface area contributed by atoms with Gasteiger partial charge in [-0.1, -0.05) is 26.0 Å². The fourth-order valence-corrected chi connectivity index (χ4v) is 3.26. The van der Waals surface area contributed by atoms with Gasteiger partial charge in [0.15, 0.2) is 5.58 Å². The van der Waals surface area contributed by atoms with Crippen molar-refractivity contribution >= 4 is 21.9 Å². The van der Waals surface area contributed by atoms with Crippen LogP contribution < -0.4 is 10.9 Å². The van der Waals surface area contributed by atoms with Crippen LogP contribution in [0.4, 0.5) is 0 Å². The first kappa shape index (κ1) is 17.5. The van der Waals surface area contributed by atoms with E-state index in [1.165, 1.54) is 6.07 Å². The topological polar surface area (TPSA) is 68.3 Å². The summed E-state index contributed by atoms with van der Waals surface area (Å²) >= 11 is 0. The van der Waals surface area contributed by atoms with E-state index >= 15 is 0 Å². The zero-order valence-electron chi connectivity index (χ0n) is 15.9. The second-order valence-corrected chi connectivity index (χ2v) is 7.24. The van der Waals surface area contributed by atoms with Gasteiger partial charge in [0, 0.05) is 41.2 Å². The molecule has 0 saturated heterocycles. The highest BCUT2D eigenvalue weighted by Gasteiger charge is 2.16. The lowest BCUT2D eigenvalue weighted by molar-refractivity contribution is 0.559. The minimum atomic E-state index is -0.389. The molecule has 1 aromatic carbocycles. The molecule has 0 aliphatic carbocycles. The van der Waals surface area contributed by atoms with Crippen LogP contribution in [0.15, 0.2) is 50.2 Å². The van der Waals surface area contributed by atoms with Crippen molar-refractivity contribution < 1.29 is 8.83 Å². The SMILES string of the molecule is Cc1ccc2c(-c3cc4c(CNC(C)C)cnc(C)c4o3)cc(=O)oc2c1. The van der Waals surface area contributed by atoms with Crippen LogP contribution in [0.3, 0.4) is 0 Å². The summed E-state index contributed by atoms with van der Waals surface area (Å²) in [6.45, 7) is 8.82. The Morgan fingerprint density at radius 3 is 2.67 bits per heavy atom. The Labute approximate surface area is 157 Å². The summed E-state index contributed by atoms with van der Waals surface area (Å²) in [6.07, 6.45) is 1.88. The fraction of sp³-hybridized carbons (Fsp3) is 0.273. The Morgan fingerprint density at radius 2 is 1.89 bits per heavy atom. The fourth-order valence-electron chi connectivity index (χ4n) is 3.26. The van der Waals surface area contributed by atoms with E-state index in [2.05, 4.69) is 24.1 Å². The summed E-state index contributed by atoms with van der Waals surface area (Å²) in [5.41, 5.74) is 4.60. The van der Waals surface area contributed by atoms with Crippen LogP contribution in [-0.4, -0.2) is 11.0 Å². The van der Waals surface area contributed by atoms with Crippen LogP contribution in [0.25, 0.3) is 33.3 Å². The van der Waals surface area contributed by atoms with E-state index in [4.69, 9.17) is 8.83 Å². The Bertz CT molecular complexity index is 1200. The molecule has 5 nitrogen and oxygen atoms in total. The predicted molar refractivity (Wildman–Crippen MR) is 107 cm³/mol. The lowest BCUT2D eigenvalue weighted by Gasteiger charge is -2.08. The molecule has 3 heterocycles. The molecule has 27 heavy (non-hydrogen) atoms. The third-order valence-electron chi connectivity index (χ3n) is 4.69. The molecule has 138 valence electrons. The van der Waals surface area contributed by atoms with Gasteiger partial charge in [-0.3, -0.25) is 4.98 Å². The molecule has 0 bridgehead atoms. The number of hydrogen-bond acceptors (Lipinski definition) is 5. The van der Waals surface area contributed by atoms with Gasteiger partial charge in [-0.15, -0.1) is 0 Å². The lowest BCUT2D eigenvalue weighted by atomic mass is 10.1. The summed E-state index contributed by atoms with van der Waals surface area (Å²) in [6, 6.07) is 9.69. The molecule has 0 aliphatic rings. The van der Waals surface area contributed by atoms with Gasteiger partial charge in [0.1, 0.15) is 11.3 Å². The number of benzene rings is 1. The van der Waals surface area contributed by atoms with Crippen molar-refractivity contribution in [2.45, 2.75) is 40.3 Å². The number of nitrogens with zero attached hydrogens (tertiary/aromatic N) is 1. The first-order valence-electron chi connectivity index (χ1n) is 9.08. The summed E-state index contributed by atoms with van der Waals surface area (Å²) in [7, 11) is 0. The van der Waals surface area contributed by atoms with E-state index in [9.17, 15) is 4.79 Å². The van der Waals surface area contributed by atoms with Crippen molar-refractivity contribution in [3.05, 3.63) is 63.8 Å². The van der Waals surface area contributed by atoms with Crippen molar-refractivity contribution in [2.75, 3.05) is 0 Å². The third-order valence-corrected chi connectivity index (χ3v) is 4.69. The molecule has 3 aromatic heterocycles. The second-order valence-electron chi connectivity index (χ2n) is 7.24. The van der Waals surface area contributed by atoms with Crippen LogP contribution in [0.5, 0.6) is 0 Å². The number of fused-ring (bicyclic) bond motifs is 2. The number of furan rings is 1. The molecule has 4 rings (SSSR count). The van der Waals surface area contributed by atoms with Gasteiger partial charge < -0.3 is 14.2 Å². The molecule has 0 unspecified atom stereocenters. The van der Waals surface area contributed by atoms with E-state index in [1.807, 2.05) is 44.3 Å². The molecule has 0 saturated carbocycles. The summed E-state index contributed by atoms with van der Waals surface area (Å²) < 4.78 is 11.5. The van der Waals surface area contributed by atoms with Gasteiger partial charge in [-0.05, 0) is 37.1 Å². The number of nitrogens with one attached hydrogen (secondary N) is 1. The maximum Gasteiger partial charge on any atom is 0.336 e. The minimum absolute atomic E-state index is 0.374. The van der Waals surface area contributed by atoms with E-state index in [0.29, 0.717) is 23.9 Å². The Kier molecular flexibility index (Phi) is 4.32. The van der Waals surface area contributed by atoms with Crippen molar-refractivity contribution in [1.29, 1.82) is 0 Å². The molecule has 4 aromatic rings. The first-order valence-corrected chi connectivity index (χ1v) is 9.08. The zero-order chi connectivity index (χ0) is 19.1. The highest BCUT2D eigenvalue weighted by molar-refractivity contribution is 5.95. The molecular weight excluding hydrogens is 340 g/mol. The molecule has 1 N–H and O–H groups in total. The molecule has 0 spiro atoms. The average molecular weight is 362 g/mol. The zero-order valence-corrected chi connectivity index (χ0v) is 15.9. The average Bonchev–Trinajstić information content (AvgIpc) is 3.06. The van der Waals surface area contributed by atoms with Crippen molar-refractivity contribution in [2.24, 2.45) is 0 Å². The van der Waals surface area contributed by atoms with Crippen molar-refractivity contribution in [3.63, 3.8) is 0 Å². The van der Waals surface area contributed by atoms with Crippen LogP contribution in [0.1, 0.15) is 30.7 Å². The van der Waals surface area contributed by atoms with Crippen LogP contribution >= 0.6 is 0 Å². The van der Waals surface area contributed by atoms with E-state index < -0.39 is 0 Å². The van der Waals surface area contributed by atoms with E-state index in [1.54, 1.807) is 0 Å². The number of rotatable bonds is 4.